The lowest BCUT2D eigenvalue weighted by Gasteiger charge is -2.14. The van der Waals surface area contributed by atoms with E-state index in [1.165, 1.54) is 22.9 Å². The summed E-state index contributed by atoms with van der Waals surface area (Å²) in [6, 6.07) is 12.8. The van der Waals surface area contributed by atoms with E-state index in [-0.39, 0.29) is 30.7 Å². The summed E-state index contributed by atoms with van der Waals surface area (Å²) in [5.41, 5.74) is 0.616. The summed E-state index contributed by atoms with van der Waals surface area (Å²) >= 11 is 0. The van der Waals surface area contributed by atoms with Crippen LogP contribution in [0.15, 0.2) is 76.7 Å². The molecule has 0 unspecified atom stereocenters. The van der Waals surface area contributed by atoms with Crippen molar-refractivity contribution in [2.24, 2.45) is 0 Å². The first-order valence-electron chi connectivity index (χ1n) is 10.5. The monoisotopic (exact) mass is 459 g/mol. The fourth-order valence-corrected chi connectivity index (χ4v) is 3.46. The first-order valence-corrected chi connectivity index (χ1v) is 10.5. The molecule has 0 bridgehead atoms. The number of nitrogens with zero attached hydrogens (tertiary/aromatic N) is 4. The molecule has 34 heavy (non-hydrogen) atoms. The molecule has 0 radical (unpaired) electrons. The largest absolute Gasteiger partial charge is 0.462 e. The fraction of sp³-hybridized carbons (Fsp3) is 0.167. The van der Waals surface area contributed by atoms with Gasteiger partial charge >= 0.3 is 11.7 Å². The van der Waals surface area contributed by atoms with Crippen LogP contribution in [-0.4, -0.2) is 37.6 Å². The Morgan fingerprint density at radius 2 is 1.76 bits per heavy atom. The van der Waals surface area contributed by atoms with Crippen LogP contribution in [0.2, 0.25) is 0 Å². The van der Waals surface area contributed by atoms with Gasteiger partial charge in [0.2, 0.25) is 5.91 Å². The van der Waals surface area contributed by atoms with E-state index in [1.807, 2.05) is 0 Å². The Labute approximate surface area is 193 Å². The van der Waals surface area contributed by atoms with Crippen LogP contribution >= 0.6 is 0 Å². The second-order valence-corrected chi connectivity index (χ2v) is 7.34. The van der Waals surface area contributed by atoms with Crippen molar-refractivity contribution >= 4 is 28.6 Å². The summed E-state index contributed by atoms with van der Waals surface area (Å²) in [5.74, 6) is -0.940. The van der Waals surface area contributed by atoms with E-state index in [2.05, 4.69) is 15.3 Å². The highest BCUT2D eigenvalue weighted by Gasteiger charge is 2.17. The molecule has 10 heteroatoms. The van der Waals surface area contributed by atoms with Gasteiger partial charge in [-0.3, -0.25) is 23.7 Å². The lowest BCUT2D eigenvalue weighted by atomic mass is 10.2. The van der Waals surface area contributed by atoms with Gasteiger partial charge in [0.05, 0.1) is 24.2 Å². The van der Waals surface area contributed by atoms with Crippen molar-refractivity contribution in [2.45, 2.75) is 20.0 Å². The Morgan fingerprint density at radius 3 is 2.47 bits per heavy atom. The minimum atomic E-state index is -0.637. The minimum Gasteiger partial charge on any atom is -0.462 e. The van der Waals surface area contributed by atoms with Crippen LogP contribution in [0, 0.1) is 0 Å². The highest BCUT2D eigenvalue weighted by atomic mass is 16.5. The molecular weight excluding hydrogens is 438 g/mol. The molecule has 0 saturated heterocycles. The molecule has 10 nitrogen and oxygen atoms in total. The molecule has 0 saturated carbocycles. The average Bonchev–Trinajstić information content (AvgIpc) is 2.85. The van der Waals surface area contributed by atoms with Gasteiger partial charge in [0.25, 0.3) is 5.56 Å². The number of pyridine rings is 2. The van der Waals surface area contributed by atoms with Crippen LogP contribution in [0.5, 0.6) is 0 Å². The van der Waals surface area contributed by atoms with Gasteiger partial charge in [0.1, 0.15) is 6.54 Å². The van der Waals surface area contributed by atoms with E-state index in [9.17, 15) is 19.2 Å². The fourth-order valence-electron chi connectivity index (χ4n) is 3.46. The van der Waals surface area contributed by atoms with E-state index in [0.717, 1.165) is 4.57 Å². The Hall–Kier alpha value is -4.60. The molecule has 4 rings (SSSR count). The van der Waals surface area contributed by atoms with E-state index >= 15 is 0 Å². The normalized spacial score (nSPS) is 10.7. The number of benzene rings is 1. The van der Waals surface area contributed by atoms with Gasteiger partial charge in [-0.25, -0.2) is 14.6 Å². The predicted molar refractivity (Wildman–Crippen MR) is 125 cm³/mol. The third kappa shape index (κ3) is 4.75. The van der Waals surface area contributed by atoms with Crippen LogP contribution in [0.3, 0.4) is 0 Å². The summed E-state index contributed by atoms with van der Waals surface area (Å²) in [6.07, 6.45) is 4.61. The van der Waals surface area contributed by atoms with Crippen LogP contribution in [-0.2, 0) is 22.6 Å². The number of anilines is 1. The van der Waals surface area contributed by atoms with Crippen LogP contribution in [0.25, 0.3) is 11.0 Å². The van der Waals surface area contributed by atoms with E-state index < -0.39 is 23.1 Å². The predicted octanol–water partition coefficient (Wildman–Crippen LogP) is 1.82. The van der Waals surface area contributed by atoms with Crippen LogP contribution < -0.4 is 16.6 Å². The highest BCUT2D eigenvalue weighted by Crippen LogP contribution is 2.12. The zero-order chi connectivity index (χ0) is 24.1. The number of esters is 1. The van der Waals surface area contributed by atoms with Crippen molar-refractivity contribution in [3.05, 3.63) is 99.1 Å². The number of carbonyl (C=O) groups excluding carboxylic acids is 2. The molecule has 3 heterocycles. The van der Waals surface area contributed by atoms with Gasteiger partial charge in [-0.15, -0.1) is 0 Å². The Morgan fingerprint density at radius 1 is 1.00 bits per heavy atom. The zero-order valence-electron chi connectivity index (χ0n) is 18.3. The maximum atomic E-state index is 13.2. The number of ether oxygens (including phenoxy) is 1. The molecule has 0 spiro atoms. The van der Waals surface area contributed by atoms with Crippen molar-refractivity contribution in [1.82, 2.24) is 19.1 Å². The summed E-state index contributed by atoms with van der Waals surface area (Å²) in [5, 5.41) is 2.70. The maximum Gasteiger partial charge on any atom is 0.338 e. The number of hydrogen-bond acceptors (Lipinski definition) is 7. The SMILES string of the molecule is CCOC(=O)c1ccc(NC(=O)Cn2c(=O)n(Cc3cccnc3)c(=O)c3ncccc32)cc1. The average molecular weight is 459 g/mol. The van der Waals surface area contributed by atoms with E-state index in [1.54, 1.807) is 55.7 Å². The molecule has 0 aliphatic rings. The molecule has 1 N–H and O–H groups in total. The Bertz CT molecular complexity index is 1460. The molecule has 4 aromatic rings. The first kappa shape index (κ1) is 22.6. The minimum absolute atomic E-state index is 0.00500. The third-order valence-corrected chi connectivity index (χ3v) is 5.03. The van der Waals surface area contributed by atoms with Crippen molar-refractivity contribution < 1.29 is 14.3 Å². The van der Waals surface area contributed by atoms with Crippen molar-refractivity contribution in [1.29, 1.82) is 0 Å². The summed E-state index contributed by atoms with van der Waals surface area (Å²) in [6.45, 7) is 1.63. The highest BCUT2D eigenvalue weighted by molar-refractivity contribution is 5.93. The molecular formula is C24H21N5O5. The quantitative estimate of drug-likeness (QED) is 0.418. The van der Waals surface area contributed by atoms with E-state index in [4.69, 9.17) is 4.74 Å². The van der Waals surface area contributed by atoms with Crippen LogP contribution in [0.4, 0.5) is 5.69 Å². The maximum absolute atomic E-state index is 13.2. The molecule has 3 aromatic heterocycles. The smallest absolute Gasteiger partial charge is 0.338 e. The molecule has 1 amide bonds. The molecule has 172 valence electrons. The molecule has 0 atom stereocenters. The van der Waals surface area contributed by atoms with Gasteiger partial charge in [-0.1, -0.05) is 6.07 Å². The number of nitrogens with one attached hydrogen (secondary N) is 1. The zero-order valence-corrected chi connectivity index (χ0v) is 18.3. The van der Waals surface area contributed by atoms with Gasteiger partial charge in [0, 0.05) is 24.3 Å². The third-order valence-electron chi connectivity index (χ3n) is 5.03. The molecule has 0 aliphatic carbocycles. The Balaban J connectivity index is 1.63. The Kier molecular flexibility index (Phi) is 6.58. The van der Waals surface area contributed by atoms with Crippen molar-refractivity contribution in [3.8, 4) is 0 Å². The number of amides is 1. The lowest BCUT2D eigenvalue weighted by Crippen LogP contribution is -2.42. The summed E-state index contributed by atoms with van der Waals surface area (Å²) < 4.78 is 7.19. The standard InChI is InChI=1S/C24H21N5O5/c1-2-34-23(32)17-7-9-18(10-8-17)27-20(30)15-28-19-6-4-12-26-21(19)22(31)29(24(28)33)14-16-5-3-11-25-13-16/h3-13H,2,14-15H2,1H3,(H,27,30). The number of aromatic nitrogens is 4. The van der Waals surface area contributed by atoms with Crippen molar-refractivity contribution in [2.75, 3.05) is 11.9 Å². The van der Waals surface area contributed by atoms with Crippen molar-refractivity contribution in [3.63, 3.8) is 0 Å². The molecule has 1 aromatic carbocycles. The summed E-state index contributed by atoms with van der Waals surface area (Å²) in [7, 11) is 0. The lowest BCUT2D eigenvalue weighted by molar-refractivity contribution is -0.116. The van der Waals surface area contributed by atoms with E-state index in [0.29, 0.717) is 16.8 Å². The van der Waals surface area contributed by atoms with Gasteiger partial charge in [0.15, 0.2) is 5.52 Å². The van der Waals surface area contributed by atoms with Gasteiger partial charge in [-0.2, -0.15) is 0 Å². The number of hydrogen-bond donors (Lipinski definition) is 1. The number of rotatable bonds is 7. The second-order valence-electron chi connectivity index (χ2n) is 7.34. The number of carbonyl (C=O) groups is 2. The second kappa shape index (κ2) is 9.90. The topological polar surface area (TPSA) is 125 Å². The molecule has 0 aliphatic heterocycles. The van der Waals surface area contributed by atoms with Gasteiger partial charge < -0.3 is 10.1 Å². The first-order chi connectivity index (χ1) is 16.5. The molecule has 0 fully saturated rings. The number of fused-ring (bicyclic) bond motifs is 1. The van der Waals surface area contributed by atoms with Crippen LogP contribution in [0.1, 0.15) is 22.8 Å². The van der Waals surface area contributed by atoms with Gasteiger partial charge in [-0.05, 0) is 55.0 Å². The summed E-state index contributed by atoms with van der Waals surface area (Å²) in [4.78, 5) is 58.9.